The maximum atomic E-state index is 12.9. The minimum absolute atomic E-state index is 0.240. The van der Waals surface area contributed by atoms with Gasteiger partial charge in [0.15, 0.2) is 0 Å². The third-order valence-electron chi connectivity index (χ3n) is 4.50. The lowest BCUT2D eigenvalue weighted by Gasteiger charge is -2.10. The van der Waals surface area contributed by atoms with E-state index in [-0.39, 0.29) is 5.91 Å². The summed E-state index contributed by atoms with van der Waals surface area (Å²) in [6, 6.07) is 12.8. The highest BCUT2D eigenvalue weighted by atomic mass is 35.5. The third-order valence-corrected chi connectivity index (χ3v) is 4.86. The number of carbonyl (C=O) groups is 1. The molecule has 3 rings (SSSR count). The minimum atomic E-state index is -0.240. The number of hydrogen-bond acceptors (Lipinski definition) is 4. The first kappa shape index (κ1) is 19.8. The maximum absolute atomic E-state index is 12.9. The predicted molar refractivity (Wildman–Crippen MR) is 110 cm³/mol. The lowest BCUT2D eigenvalue weighted by molar-refractivity contribution is 0.102. The highest BCUT2D eigenvalue weighted by Crippen LogP contribution is 2.27. The molecule has 0 atom stereocenters. The van der Waals surface area contributed by atoms with Gasteiger partial charge in [-0.25, -0.2) is 0 Å². The number of hydrogen-bond donors (Lipinski definition) is 1. The monoisotopic (exact) mass is 399 g/mol. The van der Waals surface area contributed by atoms with Gasteiger partial charge in [0, 0.05) is 34.6 Å². The highest BCUT2D eigenvalue weighted by Gasteiger charge is 2.20. The Kier molecular flexibility index (Phi) is 5.90. The van der Waals surface area contributed by atoms with Crippen molar-refractivity contribution in [2.24, 2.45) is 0 Å². The highest BCUT2D eigenvalue weighted by molar-refractivity contribution is 6.31. The second-order valence-corrected chi connectivity index (χ2v) is 6.76. The molecule has 1 aromatic heterocycles. The van der Waals surface area contributed by atoms with Crippen molar-refractivity contribution in [1.29, 1.82) is 0 Å². The number of aromatic nitrogens is 2. The van der Waals surface area contributed by atoms with Gasteiger partial charge in [-0.05, 0) is 25.5 Å². The Balaban J connectivity index is 1.87. The summed E-state index contributed by atoms with van der Waals surface area (Å²) < 4.78 is 12.3. The Morgan fingerprint density at radius 2 is 1.75 bits per heavy atom. The SMILES string of the molecule is COc1cc(NC(=O)c2c(C)nn(Cc3ccccc3Cl)c2C)cc(OC)c1. The van der Waals surface area contributed by atoms with Crippen LogP contribution >= 0.6 is 11.6 Å². The molecule has 0 bridgehead atoms. The normalized spacial score (nSPS) is 10.6. The lowest BCUT2D eigenvalue weighted by atomic mass is 10.1. The average Bonchev–Trinajstić information content (AvgIpc) is 2.96. The topological polar surface area (TPSA) is 65.4 Å². The molecular formula is C21H22ClN3O3. The van der Waals surface area contributed by atoms with Crippen molar-refractivity contribution in [3.05, 3.63) is 70.0 Å². The first-order chi connectivity index (χ1) is 13.4. The van der Waals surface area contributed by atoms with Gasteiger partial charge in [-0.3, -0.25) is 9.48 Å². The van der Waals surface area contributed by atoms with Crippen LogP contribution in [-0.2, 0) is 6.54 Å². The number of ether oxygens (including phenoxy) is 2. The van der Waals surface area contributed by atoms with Gasteiger partial charge in [-0.1, -0.05) is 29.8 Å². The van der Waals surface area contributed by atoms with Crippen LogP contribution in [-0.4, -0.2) is 29.9 Å². The minimum Gasteiger partial charge on any atom is -0.497 e. The van der Waals surface area contributed by atoms with Crippen LogP contribution in [0.25, 0.3) is 0 Å². The first-order valence-corrected chi connectivity index (χ1v) is 9.12. The van der Waals surface area contributed by atoms with Crippen LogP contribution in [0.1, 0.15) is 27.3 Å². The van der Waals surface area contributed by atoms with Crippen LogP contribution < -0.4 is 14.8 Å². The summed E-state index contributed by atoms with van der Waals surface area (Å²) in [5, 5.41) is 8.09. The molecule has 0 radical (unpaired) electrons. The van der Waals surface area contributed by atoms with E-state index in [1.807, 2.05) is 38.1 Å². The molecule has 1 N–H and O–H groups in total. The van der Waals surface area contributed by atoms with E-state index < -0.39 is 0 Å². The van der Waals surface area contributed by atoms with E-state index in [0.29, 0.717) is 40.0 Å². The second-order valence-electron chi connectivity index (χ2n) is 6.35. The molecule has 0 fully saturated rings. The molecule has 146 valence electrons. The predicted octanol–water partition coefficient (Wildman–Crippen LogP) is 4.47. The van der Waals surface area contributed by atoms with E-state index in [1.54, 1.807) is 37.1 Å². The summed E-state index contributed by atoms with van der Waals surface area (Å²) in [4.78, 5) is 12.9. The molecular weight excluding hydrogens is 378 g/mol. The zero-order chi connectivity index (χ0) is 20.3. The number of anilines is 1. The summed E-state index contributed by atoms with van der Waals surface area (Å²) in [6.07, 6.45) is 0. The fourth-order valence-corrected chi connectivity index (χ4v) is 3.24. The van der Waals surface area contributed by atoms with E-state index >= 15 is 0 Å². The van der Waals surface area contributed by atoms with E-state index in [2.05, 4.69) is 10.4 Å². The molecule has 0 saturated carbocycles. The molecule has 0 unspecified atom stereocenters. The molecule has 6 nitrogen and oxygen atoms in total. The van der Waals surface area contributed by atoms with Gasteiger partial charge in [0.05, 0.1) is 32.0 Å². The molecule has 28 heavy (non-hydrogen) atoms. The van der Waals surface area contributed by atoms with Crippen molar-refractivity contribution in [1.82, 2.24) is 9.78 Å². The number of nitrogens with zero attached hydrogens (tertiary/aromatic N) is 2. The first-order valence-electron chi connectivity index (χ1n) is 8.74. The summed E-state index contributed by atoms with van der Waals surface area (Å²) in [5.74, 6) is 0.950. The van der Waals surface area contributed by atoms with E-state index in [4.69, 9.17) is 21.1 Å². The number of halogens is 1. The van der Waals surface area contributed by atoms with Gasteiger partial charge in [0.25, 0.3) is 5.91 Å². The van der Waals surface area contributed by atoms with Crippen LogP contribution in [0.2, 0.25) is 5.02 Å². The number of amides is 1. The summed E-state index contributed by atoms with van der Waals surface area (Å²) >= 11 is 6.26. The van der Waals surface area contributed by atoms with Gasteiger partial charge < -0.3 is 14.8 Å². The van der Waals surface area contributed by atoms with Crippen molar-refractivity contribution in [2.45, 2.75) is 20.4 Å². The zero-order valence-electron chi connectivity index (χ0n) is 16.2. The molecule has 2 aromatic carbocycles. The van der Waals surface area contributed by atoms with E-state index in [9.17, 15) is 4.79 Å². The summed E-state index contributed by atoms with van der Waals surface area (Å²) in [7, 11) is 3.13. The Morgan fingerprint density at radius 3 is 2.36 bits per heavy atom. The van der Waals surface area contributed by atoms with E-state index in [0.717, 1.165) is 11.3 Å². The van der Waals surface area contributed by atoms with Crippen LogP contribution in [0.5, 0.6) is 11.5 Å². The van der Waals surface area contributed by atoms with Gasteiger partial charge >= 0.3 is 0 Å². The number of carbonyl (C=O) groups excluding carboxylic acids is 1. The summed E-state index contributed by atoms with van der Waals surface area (Å²) in [5.41, 5.74) is 3.48. The Labute approximate surface area is 169 Å². The Morgan fingerprint density at radius 1 is 1.11 bits per heavy atom. The number of nitrogens with one attached hydrogen (secondary N) is 1. The molecule has 0 aliphatic rings. The standard InChI is InChI=1S/C21H22ClN3O3/c1-13-20(14(2)25(24-13)12-15-7-5-6-8-19(15)22)21(26)23-16-9-17(27-3)11-18(10-16)28-4/h5-11H,12H2,1-4H3,(H,23,26). The van der Waals surface area contributed by atoms with Crippen molar-refractivity contribution < 1.29 is 14.3 Å². The lowest BCUT2D eigenvalue weighted by Crippen LogP contribution is -2.14. The van der Waals surface area contributed by atoms with Crippen molar-refractivity contribution in [3.8, 4) is 11.5 Å². The number of methoxy groups -OCH3 is 2. The zero-order valence-corrected chi connectivity index (χ0v) is 17.0. The molecule has 3 aromatic rings. The van der Waals surface area contributed by atoms with Crippen LogP contribution in [0.3, 0.4) is 0 Å². The van der Waals surface area contributed by atoms with E-state index in [1.165, 1.54) is 0 Å². The van der Waals surface area contributed by atoms with Gasteiger partial charge in [-0.15, -0.1) is 0 Å². The fraction of sp³-hybridized carbons (Fsp3) is 0.238. The quantitative estimate of drug-likeness (QED) is 0.664. The Bertz CT molecular complexity index is 992. The molecule has 0 saturated heterocycles. The van der Waals surface area contributed by atoms with Crippen LogP contribution in [0, 0.1) is 13.8 Å². The smallest absolute Gasteiger partial charge is 0.259 e. The van der Waals surface area contributed by atoms with Crippen LogP contribution in [0.15, 0.2) is 42.5 Å². The number of benzene rings is 2. The van der Waals surface area contributed by atoms with Crippen molar-refractivity contribution in [3.63, 3.8) is 0 Å². The largest absolute Gasteiger partial charge is 0.497 e. The van der Waals surface area contributed by atoms with Crippen LogP contribution in [0.4, 0.5) is 5.69 Å². The van der Waals surface area contributed by atoms with Gasteiger partial charge in [0.2, 0.25) is 0 Å². The maximum Gasteiger partial charge on any atom is 0.259 e. The molecule has 1 heterocycles. The van der Waals surface area contributed by atoms with Crippen molar-refractivity contribution >= 4 is 23.2 Å². The number of aryl methyl sites for hydroxylation is 1. The molecule has 7 heteroatoms. The van der Waals surface area contributed by atoms with Gasteiger partial charge in [0.1, 0.15) is 11.5 Å². The molecule has 1 amide bonds. The molecule has 0 spiro atoms. The summed E-state index contributed by atoms with van der Waals surface area (Å²) in [6.45, 7) is 4.18. The number of rotatable bonds is 6. The average molecular weight is 400 g/mol. The van der Waals surface area contributed by atoms with Crippen molar-refractivity contribution in [2.75, 3.05) is 19.5 Å². The fourth-order valence-electron chi connectivity index (χ4n) is 3.04. The molecule has 0 aliphatic carbocycles. The Hall–Kier alpha value is -2.99. The third kappa shape index (κ3) is 4.12. The second kappa shape index (κ2) is 8.35. The molecule has 0 aliphatic heterocycles. The van der Waals surface area contributed by atoms with Gasteiger partial charge in [-0.2, -0.15) is 5.10 Å².